The molecule has 15 heavy (non-hydrogen) atoms. The van der Waals surface area contributed by atoms with E-state index in [0.717, 1.165) is 19.4 Å². The Morgan fingerprint density at radius 1 is 1.47 bits per heavy atom. The van der Waals surface area contributed by atoms with Gasteiger partial charge in [0.15, 0.2) is 0 Å². The maximum Gasteiger partial charge on any atom is 0.0835 e. The van der Waals surface area contributed by atoms with Crippen LogP contribution in [0.2, 0.25) is 0 Å². The van der Waals surface area contributed by atoms with Crippen molar-refractivity contribution in [3.63, 3.8) is 0 Å². The molecule has 1 atom stereocenters. The molecule has 0 amide bonds. The zero-order valence-corrected chi connectivity index (χ0v) is 10.5. The van der Waals surface area contributed by atoms with Crippen molar-refractivity contribution < 1.29 is 4.74 Å². The van der Waals surface area contributed by atoms with Gasteiger partial charge < -0.3 is 4.74 Å². The van der Waals surface area contributed by atoms with Crippen molar-refractivity contribution in [3.8, 4) is 0 Å². The third-order valence-corrected chi connectivity index (χ3v) is 4.41. The Labute approximate surface area is 96.5 Å². The molecular weight excluding hydrogens is 204 g/mol. The molecule has 0 fully saturated rings. The van der Waals surface area contributed by atoms with Crippen molar-refractivity contribution >= 4 is 11.3 Å². The Morgan fingerprint density at radius 3 is 3.07 bits per heavy atom. The molecule has 2 heterocycles. The van der Waals surface area contributed by atoms with Gasteiger partial charge in [-0.3, -0.25) is 0 Å². The first kappa shape index (κ1) is 11.2. The van der Waals surface area contributed by atoms with Crippen LogP contribution in [-0.2, 0) is 17.6 Å². The third kappa shape index (κ3) is 2.43. The lowest BCUT2D eigenvalue weighted by atomic mass is 10.0. The van der Waals surface area contributed by atoms with Crippen LogP contribution < -0.4 is 0 Å². The van der Waals surface area contributed by atoms with E-state index < -0.39 is 0 Å². The summed E-state index contributed by atoms with van der Waals surface area (Å²) in [5, 5.41) is 0. The number of fused-ring (bicyclic) bond motifs is 1. The molecule has 0 saturated heterocycles. The molecule has 0 spiro atoms. The number of unbranched alkanes of at least 4 members (excludes halogenated alkanes) is 1. The second kappa shape index (κ2) is 5.13. The Balaban J connectivity index is 2.14. The number of thiophene rings is 1. The summed E-state index contributed by atoms with van der Waals surface area (Å²) in [5.74, 6) is 0. The van der Waals surface area contributed by atoms with Gasteiger partial charge in [0.2, 0.25) is 0 Å². The minimum absolute atomic E-state index is 0.394. The van der Waals surface area contributed by atoms with Gasteiger partial charge in [0.1, 0.15) is 0 Å². The zero-order valence-electron chi connectivity index (χ0n) is 9.71. The molecule has 0 saturated carbocycles. The molecule has 1 aromatic heterocycles. The standard InChI is InChI=1S/C13H20OS/c1-3-5-6-12-11-9-10(4-2)15-13(11)7-8-14-12/h9,12H,3-8H2,1-2H3. The van der Waals surface area contributed by atoms with Gasteiger partial charge in [-0.1, -0.05) is 26.7 Å². The SMILES string of the molecule is CCCCC1OCCc2sc(CC)cc21. The topological polar surface area (TPSA) is 9.23 Å². The van der Waals surface area contributed by atoms with E-state index in [2.05, 4.69) is 19.9 Å². The number of ether oxygens (including phenoxy) is 1. The lowest BCUT2D eigenvalue weighted by Gasteiger charge is -2.23. The highest BCUT2D eigenvalue weighted by atomic mass is 32.1. The molecule has 0 radical (unpaired) electrons. The lowest BCUT2D eigenvalue weighted by molar-refractivity contribution is 0.0363. The van der Waals surface area contributed by atoms with E-state index in [1.807, 2.05) is 11.3 Å². The van der Waals surface area contributed by atoms with Crippen molar-refractivity contribution in [2.45, 2.75) is 52.1 Å². The van der Waals surface area contributed by atoms with Gasteiger partial charge in [0, 0.05) is 16.2 Å². The monoisotopic (exact) mass is 224 g/mol. The van der Waals surface area contributed by atoms with Crippen LogP contribution in [0.4, 0.5) is 0 Å². The molecule has 0 N–H and O–H groups in total. The summed E-state index contributed by atoms with van der Waals surface area (Å²) in [5.41, 5.74) is 1.50. The van der Waals surface area contributed by atoms with E-state index in [4.69, 9.17) is 4.74 Å². The van der Waals surface area contributed by atoms with Crippen LogP contribution in [0.1, 0.15) is 54.5 Å². The van der Waals surface area contributed by atoms with Crippen molar-refractivity contribution in [1.29, 1.82) is 0 Å². The van der Waals surface area contributed by atoms with E-state index in [-0.39, 0.29) is 0 Å². The van der Waals surface area contributed by atoms with Gasteiger partial charge in [-0.05, 0) is 24.5 Å². The fraction of sp³-hybridized carbons (Fsp3) is 0.692. The normalized spacial score (nSPS) is 20.3. The first-order chi connectivity index (χ1) is 7.35. The van der Waals surface area contributed by atoms with Crippen molar-refractivity contribution in [2.75, 3.05) is 6.61 Å². The van der Waals surface area contributed by atoms with Gasteiger partial charge in [-0.2, -0.15) is 0 Å². The summed E-state index contributed by atoms with van der Waals surface area (Å²) in [6.45, 7) is 5.40. The Morgan fingerprint density at radius 2 is 2.33 bits per heavy atom. The van der Waals surface area contributed by atoms with Crippen LogP contribution >= 0.6 is 11.3 Å². The number of aryl methyl sites for hydroxylation is 1. The van der Waals surface area contributed by atoms with Crippen molar-refractivity contribution in [3.05, 3.63) is 21.4 Å². The molecule has 84 valence electrons. The van der Waals surface area contributed by atoms with Crippen molar-refractivity contribution in [1.82, 2.24) is 0 Å². The second-order valence-corrected chi connectivity index (χ2v) is 5.42. The summed E-state index contributed by atoms with van der Waals surface area (Å²) in [4.78, 5) is 3.10. The van der Waals surface area contributed by atoms with Gasteiger partial charge >= 0.3 is 0 Å². The predicted octanol–water partition coefficient (Wildman–Crippen LogP) is 4.11. The average Bonchev–Trinajstić information content (AvgIpc) is 2.69. The fourth-order valence-electron chi connectivity index (χ4n) is 2.15. The van der Waals surface area contributed by atoms with Crippen LogP contribution in [0.3, 0.4) is 0 Å². The van der Waals surface area contributed by atoms with Gasteiger partial charge in [0.25, 0.3) is 0 Å². The minimum Gasteiger partial charge on any atom is -0.373 e. The van der Waals surface area contributed by atoms with E-state index in [1.165, 1.54) is 29.7 Å². The molecule has 1 aromatic rings. The molecule has 0 bridgehead atoms. The Kier molecular flexibility index (Phi) is 3.81. The van der Waals surface area contributed by atoms with Crippen LogP contribution in [0.15, 0.2) is 6.07 Å². The molecule has 0 aliphatic carbocycles. The summed E-state index contributed by atoms with van der Waals surface area (Å²) in [7, 11) is 0. The molecular formula is C13H20OS. The van der Waals surface area contributed by atoms with Crippen LogP contribution in [0.5, 0.6) is 0 Å². The maximum atomic E-state index is 5.87. The van der Waals surface area contributed by atoms with E-state index in [0.29, 0.717) is 6.10 Å². The highest BCUT2D eigenvalue weighted by Gasteiger charge is 2.22. The summed E-state index contributed by atoms with van der Waals surface area (Å²) >= 11 is 1.99. The van der Waals surface area contributed by atoms with Gasteiger partial charge in [0.05, 0.1) is 12.7 Å². The van der Waals surface area contributed by atoms with Gasteiger partial charge in [-0.15, -0.1) is 11.3 Å². The first-order valence-electron chi connectivity index (χ1n) is 6.08. The number of hydrogen-bond donors (Lipinski definition) is 0. The molecule has 2 heteroatoms. The molecule has 0 aromatic carbocycles. The summed E-state index contributed by atoms with van der Waals surface area (Å²) in [6.07, 6.45) is 6.43. The van der Waals surface area contributed by atoms with Gasteiger partial charge in [-0.25, -0.2) is 0 Å². The average molecular weight is 224 g/mol. The summed E-state index contributed by atoms with van der Waals surface area (Å²) < 4.78 is 5.87. The Bertz CT molecular complexity index is 316. The number of rotatable bonds is 4. The third-order valence-electron chi connectivity index (χ3n) is 3.06. The van der Waals surface area contributed by atoms with Crippen LogP contribution in [-0.4, -0.2) is 6.61 Å². The fourth-order valence-corrected chi connectivity index (χ4v) is 3.30. The molecule has 1 aliphatic rings. The predicted molar refractivity (Wildman–Crippen MR) is 65.6 cm³/mol. The zero-order chi connectivity index (χ0) is 10.7. The highest BCUT2D eigenvalue weighted by Crippen LogP contribution is 2.36. The van der Waals surface area contributed by atoms with E-state index in [9.17, 15) is 0 Å². The smallest absolute Gasteiger partial charge is 0.0835 e. The number of hydrogen-bond acceptors (Lipinski definition) is 2. The molecule has 1 nitrogen and oxygen atoms in total. The molecule has 1 aliphatic heterocycles. The van der Waals surface area contributed by atoms with E-state index >= 15 is 0 Å². The summed E-state index contributed by atoms with van der Waals surface area (Å²) in [6, 6.07) is 2.37. The minimum atomic E-state index is 0.394. The quantitative estimate of drug-likeness (QED) is 0.747. The van der Waals surface area contributed by atoms with E-state index in [1.54, 1.807) is 4.88 Å². The first-order valence-corrected chi connectivity index (χ1v) is 6.89. The lowest BCUT2D eigenvalue weighted by Crippen LogP contribution is -2.13. The molecule has 1 unspecified atom stereocenters. The van der Waals surface area contributed by atoms with Crippen molar-refractivity contribution in [2.24, 2.45) is 0 Å². The highest BCUT2D eigenvalue weighted by molar-refractivity contribution is 7.12. The maximum absolute atomic E-state index is 5.87. The van der Waals surface area contributed by atoms with Crippen LogP contribution in [0.25, 0.3) is 0 Å². The molecule has 2 rings (SSSR count). The largest absolute Gasteiger partial charge is 0.373 e. The Hall–Kier alpha value is -0.340. The van der Waals surface area contributed by atoms with Crippen LogP contribution in [0, 0.1) is 0 Å². The second-order valence-electron chi connectivity index (χ2n) is 4.20.